The number of hydrogen-bond donors (Lipinski definition) is 0. The van der Waals surface area contributed by atoms with Crippen molar-refractivity contribution in [3.05, 3.63) is 139 Å². The van der Waals surface area contributed by atoms with Crippen LogP contribution >= 0.6 is 35.3 Å². The zero-order chi connectivity index (χ0) is 31.9. The van der Waals surface area contributed by atoms with Gasteiger partial charge in [0.15, 0.2) is 5.75 Å². The van der Waals surface area contributed by atoms with E-state index in [0.29, 0.717) is 0 Å². The molecule has 6 aromatic rings. The normalized spacial score (nSPS) is 15.9. The van der Waals surface area contributed by atoms with Gasteiger partial charge in [-0.05, 0) is 70.0 Å². The van der Waals surface area contributed by atoms with Gasteiger partial charge >= 0.3 is 0 Å². The average Bonchev–Trinajstić information content (AvgIpc) is 3.08. The summed E-state index contributed by atoms with van der Waals surface area (Å²) in [5.41, 5.74) is 6.04. The molecule has 0 fully saturated rings. The maximum atomic E-state index is 6.85. The van der Waals surface area contributed by atoms with E-state index in [1.807, 2.05) is 23.5 Å². The van der Waals surface area contributed by atoms with Crippen LogP contribution in [-0.4, -0.2) is 8.07 Å². The maximum Gasteiger partial charge on any atom is 0.165 e. The second-order valence-corrected chi connectivity index (χ2v) is 20.9. The Morgan fingerprint density at radius 2 is 1.09 bits per heavy atom. The molecule has 0 saturated carbocycles. The Kier molecular flexibility index (Phi) is 6.78. The van der Waals surface area contributed by atoms with Crippen molar-refractivity contribution in [1.29, 1.82) is 0 Å². The molecule has 0 N–H and O–H groups in total. The number of benzene rings is 6. The summed E-state index contributed by atoms with van der Waals surface area (Å²) in [6.07, 6.45) is 0. The van der Waals surface area contributed by atoms with E-state index in [9.17, 15) is 0 Å². The van der Waals surface area contributed by atoms with E-state index in [4.69, 9.17) is 4.74 Å². The highest BCUT2D eigenvalue weighted by Crippen LogP contribution is 2.58. The number of hydrogen-bond acceptors (Lipinski definition) is 5. The summed E-state index contributed by atoms with van der Waals surface area (Å²) in [5.74, 6) is 1.81. The minimum absolute atomic E-state index is 0.140. The van der Waals surface area contributed by atoms with Crippen LogP contribution in [0.15, 0.2) is 157 Å². The number of ether oxygens (including phenoxy) is 1. The predicted molar refractivity (Wildman–Crippen MR) is 202 cm³/mol. The summed E-state index contributed by atoms with van der Waals surface area (Å²) in [5, 5.41) is 3.00. The number of para-hydroxylation sites is 2. The lowest BCUT2D eigenvalue weighted by molar-refractivity contribution is 0.455. The molecule has 6 heteroatoms. The Morgan fingerprint density at radius 1 is 0.511 bits per heavy atom. The van der Waals surface area contributed by atoms with E-state index < -0.39 is 8.07 Å². The number of rotatable bonds is 3. The number of fused-ring (bicyclic) bond motifs is 6. The molecule has 0 saturated heterocycles. The molecule has 3 aliphatic rings. The third-order valence-corrected chi connectivity index (χ3v) is 17.3. The molecule has 230 valence electrons. The van der Waals surface area contributed by atoms with Gasteiger partial charge in [0.25, 0.3) is 0 Å². The van der Waals surface area contributed by atoms with E-state index in [0.717, 1.165) is 27.0 Å². The fraction of sp³-hybridized carbons (Fsp3) is 0.122. The molecule has 0 radical (unpaired) electrons. The zero-order valence-corrected chi connectivity index (χ0v) is 30.2. The topological polar surface area (TPSA) is 12.5 Å². The van der Waals surface area contributed by atoms with Gasteiger partial charge in [-0.25, -0.2) is 0 Å². The van der Waals surface area contributed by atoms with Crippen molar-refractivity contribution < 1.29 is 4.74 Å². The van der Waals surface area contributed by atoms with Crippen LogP contribution in [0.25, 0.3) is 0 Å². The van der Waals surface area contributed by atoms with Gasteiger partial charge < -0.3 is 9.64 Å². The molecule has 0 atom stereocenters. The van der Waals surface area contributed by atoms with E-state index >= 15 is 0 Å². The van der Waals surface area contributed by atoms with Crippen LogP contribution in [-0.2, 0) is 5.41 Å². The summed E-state index contributed by atoms with van der Waals surface area (Å²) < 4.78 is 6.85. The van der Waals surface area contributed by atoms with Crippen LogP contribution < -0.4 is 20.0 Å². The number of nitrogens with zero attached hydrogens (tertiary/aromatic N) is 1. The Morgan fingerprint density at radius 3 is 1.94 bits per heavy atom. The molecule has 0 spiro atoms. The third kappa shape index (κ3) is 4.49. The number of anilines is 3. The first kappa shape index (κ1) is 29.3. The third-order valence-electron chi connectivity index (χ3n) is 9.84. The van der Waals surface area contributed by atoms with Gasteiger partial charge in [0.2, 0.25) is 0 Å². The molecule has 47 heavy (non-hydrogen) atoms. The zero-order valence-electron chi connectivity index (χ0n) is 26.7. The highest BCUT2D eigenvalue weighted by molar-refractivity contribution is 8.00. The minimum Gasteiger partial charge on any atom is -0.453 e. The molecular weight excluding hydrogens is 647 g/mol. The van der Waals surface area contributed by atoms with E-state index in [1.165, 1.54) is 52.5 Å². The Bertz CT molecular complexity index is 2130. The molecule has 2 nitrogen and oxygen atoms in total. The van der Waals surface area contributed by atoms with E-state index in [1.54, 1.807) is 11.8 Å². The average molecular weight is 680 g/mol. The first-order valence-corrected chi connectivity index (χ1v) is 21.5. The molecule has 0 unspecified atom stereocenters. The summed E-state index contributed by atoms with van der Waals surface area (Å²) in [6.45, 7) is 9.73. The molecule has 0 bridgehead atoms. The van der Waals surface area contributed by atoms with Crippen molar-refractivity contribution in [2.24, 2.45) is 0 Å². The predicted octanol–water partition coefficient (Wildman–Crippen LogP) is 11.5. The monoisotopic (exact) mass is 679 g/mol. The summed E-state index contributed by atoms with van der Waals surface area (Å²) in [7, 11) is -1.97. The first-order chi connectivity index (χ1) is 22.8. The fourth-order valence-electron chi connectivity index (χ4n) is 7.35. The highest BCUT2D eigenvalue weighted by atomic mass is 32.2. The standard InChI is InChI=1S/C41H33NOS3Si/c1-41(2)26-14-5-7-20-32(26)45-39-27(41)15-11-17-29(39)42(28-16-12-23-35-38(28)43-31-19-6-8-21-33(31)44-35)30-18-13-25-37-40(30)46-34-22-9-10-24-36(34)47(37,3)4/h5-25H,1-4H3. The molecule has 0 amide bonds. The SMILES string of the molecule is CC1(C)c2ccccc2Sc2c(N(c3cccc4c3Oc3ccccc3S4)c3cccc4c3Sc3ccccc3[Si]4(C)C)cccc21. The van der Waals surface area contributed by atoms with Crippen LogP contribution in [0, 0.1) is 0 Å². The Labute approximate surface area is 290 Å². The van der Waals surface area contributed by atoms with E-state index in [-0.39, 0.29) is 5.41 Å². The van der Waals surface area contributed by atoms with Crippen LogP contribution in [0.5, 0.6) is 11.5 Å². The van der Waals surface area contributed by atoms with Crippen LogP contribution in [0.3, 0.4) is 0 Å². The second-order valence-electron chi connectivity index (χ2n) is 13.3. The van der Waals surface area contributed by atoms with Gasteiger partial charge in [-0.1, -0.05) is 141 Å². The van der Waals surface area contributed by atoms with Gasteiger partial charge in [-0.15, -0.1) is 0 Å². The van der Waals surface area contributed by atoms with Gasteiger partial charge in [-0.2, -0.15) is 0 Å². The molecule has 0 aliphatic carbocycles. The van der Waals surface area contributed by atoms with Gasteiger partial charge in [0.1, 0.15) is 13.8 Å². The highest BCUT2D eigenvalue weighted by Gasteiger charge is 2.40. The van der Waals surface area contributed by atoms with Crippen molar-refractivity contribution >= 4 is 70.8 Å². The van der Waals surface area contributed by atoms with Crippen molar-refractivity contribution in [3.63, 3.8) is 0 Å². The fourth-order valence-corrected chi connectivity index (χ4v) is 15.4. The molecule has 0 aromatic heterocycles. The Balaban J connectivity index is 1.32. The summed E-state index contributed by atoms with van der Waals surface area (Å²) >= 11 is 5.60. The van der Waals surface area contributed by atoms with Gasteiger partial charge in [-0.3, -0.25) is 0 Å². The summed E-state index contributed by atoms with van der Waals surface area (Å²) in [6, 6.07) is 46.8. The van der Waals surface area contributed by atoms with Crippen LogP contribution in [0.2, 0.25) is 13.1 Å². The lowest BCUT2D eigenvalue weighted by Crippen LogP contribution is -2.56. The molecule has 9 rings (SSSR count). The quantitative estimate of drug-likeness (QED) is 0.172. The van der Waals surface area contributed by atoms with Crippen molar-refractivity contribution in [1.82, 2.24) is 0 Å². The Hall–Kier alpha value is -3.81. The second kappa shape index (κ2) is 10.9. The molecule has 3 heterocycles. The van der Waals surface area contributed by atoms with Gasteiger partial charge in [0, 0.05) is 25.0 Å². The lowest BCUT2D eigenvalue weighted by atomic mass is 9.77. The van der Waals surface area contributed by atoms with Crippen molar-refractivity contribution in [3.8, 4) is 11.5 Å². The first-order valence-electron chi connectivity index (χ1n) is 16.0. The maximum absolute atomic E-state index is 6.85. The van der Waals surface area contributed by atoms with Crippen LogP contribution in [0.4, 0.5) is 17.1 Å². The van der Waals surface area contributed by atoms with Crippen LogP contribution in [0.1, 0.15) is 25.0 Å². The lowest BCUT2D eigenvalue weighted by Gasteiger charge is -2.40. The van der Waals surface area contributed by atoms with Gasteiger partial charge in [0.05, 0.1) is 26.9 Å². The van der Waals surface area contributed by atoms with Crippen molar-refractivity contribution in [2.45, 2.75) is 61.7 Å². The molecular formula is C41H33NOS3Si. The van der Waals surface area contributed by atoms with Crippen molar-refractivity contribution in [2.75, 3.05) is 4.90 Å². The minimum atomic E-state index is -1.97. The summed E-state index contributed by atoms with van der Waals surface area (Å²) in [4.78, 5) is 10.1. The molecule has 6 aromatic carbocycles. The van der Waals surface area contributed by atoms with E-state index in [2.05, 4.69) is 159 Å². The smallest absolute Gasteiger partial charge is 0.165 e. The largest absolute Gasteiger partial charge is 0.453 e. The molecule has 3 aliphatic heterocycles.